The maximum Gasteiger partial charge on any atom is 0.180 e. The highest BCUT2D eigenvalue weighted by molar-refractivity contribution is 5.84. The third-order valence-electron chi connectivity index (χ3n) is 2.88. The molecule has 1 atom stereocenters. The smallest absolute Gasteiger partial charge is 0.180 e. The number of hydrogen-bond acceptors (Lipinski definition) is 3. The molecule has 1 unspecified atom stereocenters. The van der Waals surface area contributed by atoms with Crippen molar-refractivity contribution in [3.8, 4) is 5.75 Å². The standard InChI is InChI=1S/C14H22N2O2/c1-5-12(14(15)16-17)18-13-8-10(4)6-7-11(13)9(2)3/h6-9,12,17H,5H2,1-4H3,(H2,15,16). The van der Waals surface area contributed by atoms with Gasteiger partial charge in [0.05, 0.1) is 0 Å². The summed E-state index contributed by atoms with van der Waals surface area (Å²) in [6.07, 6.45) is 0.260. The number of nitrogens with zero attached hydrogens (tertiary/aromatic N) is 1. The number of benzene rings is 1. The van der Waals surface area contributed by atoms with Gasteiger partial charge in [-0.15, -0.1) is 0 Å². The van der Waals surface area contributed by atoms with Crippen LogP contribution in [0.25, 0.3) is 0 Å². The Hall–Kier alpha value is -1.71. The summed E-state index contributed by atoms with van der Waals surface area (Å²) >= 11 is 0. The lowest BCUT2D eigenvalue weighted by Crippen LogP contribution is -2.33. The second kappa shape index (κ2) is 6.28. The maximum absolute atomic E-state index is 8.73. The summed E-state index contributed by atoms with van der Waals surface area (Å²) in [6.45, 7) is 8.18. The lowest BCUT2D eigenvalue weighted by Gasteiger charge is -2.20. The average Bonchev–Trinajstić information content (AvgIpc) is 2.34. The van der Waals surface area contributed by atoms with Crippen LogP contribution in [-0.2, 0) is 0 Å². The highest BCUT2D eigenvalue weighted by Gasteiger charge is 2.16. The molecule has 1 aromatic carbocycles. The van der Waals surface area contributed by atoms with Crippen LogP contribution in [0, 0.1) is 6.92 Å². The molecule has 0 aliphatic carbocycles. The van der Waals surface area contributed by atoms with Crippen molar-refractivity contribution in [1.82, 2.24) is 0 Å². The van der Waals surface area contributed by atoms with Crippen molar-refractivity contribution in [2.75, 3.05) is 0 Å². The van der Waals surface area contributed by atoms with E-state index in [2.05, 4.69) is 31.1 Å². The lowest BCUT2D eigenvalue weighted by atomic mass is 10.0. The maximum atomic E-state index is 8.73. The van der Waals surface area contributed by atoms with Crippen molar-refractivity contribution in [3.05, 3.63) is 29.3 Å². The summed E-state index contributed by atoms with van der Waals surface area (Å²) in [7, 11) is 0. The zero-order chi connectivity index (χ0) is 13.7. The molecular formula is C14H22N2O2. The average molecular weight is 250 g/mol. The predicted octanol–water partition coefficient (Wildman–Crippen LogP) is 3.02. The van der Waals surface area contributed by atoms with Crippen LogP contribution in [-0.4, -0.2) is 17.1 Å². The fourth-order valence-corrected chi connectivity index (χ4v) is 1.79. The number of amidine groups is 1. The Balaban J connectivity index is 3.04. The summed E-state index contributed by atoms with van der Waals surface area (Å²) in [6, 6.07) is 6.11. The first kappa shape index (κ1) is 14.4. The summed E-state index contributed by atoms with van der Waals surface area (Å²) in [5, 5.41) is 11.8. The second-order valence-corrected chi connectivity index (χ2v) is 4.74. The molecule has 1 aromatic rings. The molecule has 0 aliphatic rings. The Morgan fingerprint density at radius 3 is 2.61 bits per heavy atom. The molecule has 0 amide bonds. The Bertz CT molecular complexity index is 428. The van der Waals surface area contributed by atoms with Crippen LogP contribution in [0.3, 0.4) is 0 Å². The summed E-state index contributed by atoms with van der Waals surface area (Å²) in [5.41, 5.74) is 7.87. The van der Waals surface area contributed by atoms with Gasteiger partial charge in [0.15, 0.2) is 11.9 Å². The molecule has 0 aromatic heterocycles. The molecule has 0 spiro atoms. The van der Waals surface area contributed by atoms with Gasteiger partial charge in [-0.2, -0.15) is 0 Å². The van der Waals surface area contributed by atoms with Crippen LogP contribution in [0.15, 0.2) is 23.4 Å². The summed E-state index contributed by atoms with van der Waals surface area (Å²) in [5.74, 6) is 1.28. The van der Waals surface area contributed by atoms with E-state index in [1.54, 1.807) is 0 Å². The van der Waals surface area contributed by atoms with E-state index in [0.717, 1.165) is 16.9 Å². The van der Waals surface area contributed by atoms with Crippen LogP contribution in [0.4, 0.5) is 0 Å². The molecular weight excluding hydrogens is 228 g/mol. The zero-order valence-electron chi connectivity index (χ0n) is 11.5. The van der Waals surface area contributed by atoms with Gasteiger partial charge < -0.3 is 15.7 Å². The molecule has 1 rings (SSSR count). The molecule has 0 radical (unpaired) electrons. The van der Waals surface area contributed by atoms with Gasteiger partial charge in [-0.3, -0.25) is 0 Å². The van der Waals surface area contributed by atoms with Gasteiger partial charge in [-0.05, 0) is 36.5 Å². The summed E-state index contributed by atoms with van der Waals surface area (Å²) in [4.78, 5) is 0. The first-order chi connectivity index (χ1) is 8.49. The molecule has 100 valence electrons. The third kappa shape index (κ3) is 3.39. The van der Waals surface area contributed by atoms with Gasteiger partial charge in [0.2, 0.25) is 0 Å². The molecule has 0 heterocycles. The van der Waals surface area contributed by atoms with Crippen LogP contribution in [0.1, 0.15) is 44.2 Å². The van der Waals surface area contributed by atoms with Gasteiger partial charge in [0.25, 0.3) is 0 Å². The van der Waals surface area contributed by atoms with E-state index < -0.39 is 6.10 Å². The minimum absolute atomic E-state index is 0.105. The van der Waals surface area contributed by atoms with E-state index in [9.17, 15) is 0 Å². The number of nitrogens with two attached hydrogens (primary N) is 1. The van der Waals surface area contributed by atoms with Gasteiger partial charge in [0, 0.05) is 0 Å². The van der Waals surface area contributed by atoms with Crippen molar-refractivity contribution in [2.45, 2.75) is 46.1 Å². The molecule has 4 heteroatoms. The minimum atomic E-state index is -0.394. The highest BCUT2D eigenvalue weighted by Crippen LogP contribution is 2.28. The Morgan fingerprint density at radius 2 is 2.11 bits per heavy atom. The molecule has 0 bridgehead atoms. The highest BCUT2D eigenvalue weighted by atomic mass is 16.5. The van der Waals surface area contributed by atoms with E-state index >= 15 is 0 Å². The van der Waals surface area contributed by atoms with E-state index in [0.29, 0.717) is 12.3 Å². The Kier molecular flexibility index (Phi) is 5.01. The third-order valence-corrected chi connectivity index (χ3v) is 2.88. The van der Waals surface area contributed by atoms with Crippen molar-refractivity contribution in [1.29, 1.82) is 0 Å². The van der Waals surface area contributed by atoms with Crippen molar-refractivity contribution < 1.29 is 9.94 Å². The van der Waals surface area contributed by atoms with E-state index in [4.69, 9.17) is 15.7 Å². The van der Waals surface area contributed by atoms with Gasteiger partial charge in [0.1, 0.15) is 5.75 Å². The SMILES string of the molecule is CCC(Oc1cc(C)ccc1C(C)C)C(N)=NO. The number of hydrogen-bond donors (Lipinski definition) is 2. The normalized spacial score (nSPS) is 13.7. The number of oxime groups is 1. The van der Waals surface area contributed by atoms with Crippen LogP contribution >= 0.6 is 0 Å². The number of ether oxygens (including phenoxy) is 1. The molecule has 0 aliphatic heterocycles. The van der Waals surface area contributed by atoms with Crippen molar-refractivity contribution in [3.63, 3.8) is 0 Å². The van der Waals surface area contributed by atoms with Crippen LogP contribution in [0.5, 0.6) is 5.75 Å². The Morgan fingerprint density at radius 1 is 1.44 bits per heavy atom. The molecule has 0 saturated carbocycles. The van der Waals surface area contributed by atoms with E-state index in [1.165, 1.54) is 0 Å². The second-order valence-electron chi connectivity index (χ2n) is 4.74. The van der Waals surface area contributed by atoms with E-state index in [-0.39, 0.29) is 5.84 Å². The quantitative estimate of drug-likeness (QED) is 0.365. The fraction of sp³-hybridized carbons (Fsp3) is 0.500. The largest absolute Gasteiger partial charge is 0.482 e. The number of rotatable bonds is 5. The zero-order valence-corrected chi connectivity index (χ0v) is 11.5. The van der Waals surface area contributed by atoms with Crippen LogP contribution in [0.2, 0.25) is 0 Å². The number of aryl methyl sites for hydroxylation is 1. The first-order valence-electron chi connectivity index (χ1n) is 6.24. The Labute approximate surface area is 108 Å². The molecule has 18 heavy (non-hydrogen) atoms. The van der Waals surface area contributed by atoms with Gasteiger partial charge in [-0.25, -0.2) is 0 Å². The molecule has 4 nitrogen and oxygen atoms in total. The fourth-order valence-electron chi connectivity index (χ4n) is 1.79. The van der Waals surface area contributed by atoms with Crippen molar-refractivity contribution >= 4 is 5.84 Å². The predicted molar refractivity (Wildman–Crippen MR) is 73.4 cm³/mol. The van der Waals surface area contributed by atoms with E-state index in [1.807, 2.05) is 19.9 Å². The lowest BCUT2D eigenvalue weighted by molar-refractivity contribution is 0.244. The first-order valence-corrected chi connectivity index (χ1v) is 6.24. The summed E-state index contributed by atoms with van der Waals surface area (Å²) < 4.78 is 5.87. The monoisotopic (exact) mass is 250 g/mol. The molecule has 3 N–H and O–H groups in total. The minimum Gasteiger partial charge on any atom is -0.482 e. The van der Waals surface area contributed by atoms with Crippen LogP contribution < -0.4 is 10.5 Å². The van der Waals surface area contributed by atoms with Gasteiger partial charge in [-0.1, -0.05) is 38.1 Å². The molecule has 0 saturated heterocycles. The van der Waals surface area contributed by atoms with Crippen molar-refractivity contribution in [2.24, 2.45) is 10.9 Å². The molecule has 0 fully saturated rings. The topological polar surface area (TPSA) is 67.8 Å². The van der Waals surface area contributed by atoms with Gasteiger partial charge >= 0.3 is 0 Å².